The zero-order valence-electron chi connectivity index (χ0n) is 17.1. The molecule has 0 N–H and O–H groups in total. The Bertz CT molecular complexity index is 598. The molecule has 8 atom stereocenters. The maximum Gasteiger partial charge on any atom is 0.305 e. The first kappa shape index (κ1) is 18.5. The largest absolute Gasteiger partial charge is 0.462 e. The third-order valence-electron chi connectivity index (χ3n) is 9.28. The average Bonchev–Trinajstić information content (AvgIpc) is 2.93. The van der Waals surface area contributed by atoms with E-state index in [-0.39, 0.29) is 23.4 Å². The number of rotatable bonds is 2. The first-order valence-electron chi connectivity index (χ1n) is 11.0. The van der Waals surface area contributed by atoms with Crippen LogP contribution in [0.1, 0.15) is 85.5 Å². The van der Waals surface area contributed by atoms with Crippen molar-refractivity contribution in [1.29, 1.82) is 0 Å². The predicted octanol–water partition coefficient (Wildman–Crippen LogP) is 5.17. The maximum atomic E-state index is 12.3. The summed E-state index contributed by atoms with van der Waals surface area (Å²) in [5.41, 5.74) is 0.515. The summed E-state index contributed by atoms with van der Waals surface area (Å²) in [6.07, 6.45) is 9.72. The van der Waals surface area contributed by atoms with Gasteiger partial charge in [-0.15, -0.1) is 0 Å². The molecule has 0 bridgehead atoms. The Morgan fingerprint density at radius 3 is 2.54 bits per heavy atom. The lowest BCUT2D eigenvalue weighted by atomic mass is 9.44. The molecule has 0 unspecified atom stereocenters. The van der Waals surface area contributed by atoms with Crippen LogP contribution < -0.4 is 0 Å². The standard InChI is InChI=1S/C23H36O3/c1-5-21(25)26-20-9-8-17-16-7-6-15-12-19(24)14(2)13-23(15,4)18(16)10-11-22(17,20)3/h14-18,20H,5-13H2,1-4H3/t14-,15+,16+,17-,18+,20+,22+,23+/m1/s1. The van der Waals surface area contributed by atoms with Crippen LogP contribution in [0.4, 0.5) is 0 Å². The monoisotopic (exact) mass is 360 g/mol. The van der Waals surface area contributed by atoms with Crippen LogP contribution in [-0.4, -0.2) is 17.9 Å². The first-order valence-corrected chi connectivity index (χ1v) is 11.0. The molecule has 146 valence electrons. The highest BCUT2D eigenvalue weighted by molar-refractivity contribution is 5.82. The number of fused-ring (bicyclic) bond motifs is 5. The Morgan fingerprint density at radius 2 is 1.81 bits per heavy atom. The molecule has 0 aromatic carbocycles. The number of hydrogen-bond acceptors (Lipinski definition) is 3. The number of hydrogen-bond donors (Lipinski definition) is 0. The lowest BCUT2D eigenvalue weighted by molar-refractivity contribution is -0.165. The molecule has 3 nitrogen and oxygen atoms in total. The smallest absolute Gasteiger partial charge is 0.305 e. The molecule has 0 aliphatic heterocycles. The van der Waals surface area contributed by atoms with Crippen molar-refractivity contribution in [3.05, 3.63) is 0 Å². The van der Waals surface area contributed by atoms with E-state index >= 15 is 0 Å². The van der Waals surface area contributed by atoms with E-state index in [4.69, 9.17) is 4.74 Å². The van der Waals surface area contributed by atoms with Gasteiger partial charge in [-0.05, 0) is 74.0 Å². The molecule has 4 aliphatic rings. The van der Waals surface area contributed by atoms with Crippen molar-refractivity contribution in [1.82, 2.24) is 0 Å². The van der Waals surface area contributed by atoms with Crippen molar-refractivity contribution in [2.45, 2.75) is 91.6 Å². The number of ketones is 1. The maximum absolute atomic E-state index is 12.3. The lowest BCUT2D eigenvalue weighted by Gasteiger charge is -2.60. The van der Waals surface area contributed by atoms with Gasteiger partial charge < -0.3 is 4.74 Å². The highest BCUT2D eigenvalue weighted by atomic mass is 16.5. The Kier molecular flexibility index (Phi) is 4.51. The van der Waals surface area contributed by atoms with Crippen molar-refractivity contribution in [3.63, 3.8) is 0 Å². The molecule has 0 saturated heterocycles. The summed E-state index contributed by atoms with van der Waals surface area (Å²) >= 11 is 0. The van der Waals surface area contributed by atoms with E-state index in [0.29, 0.717) is 29.5 Å². The number of Topliss-reactive ketones (excluding diaryl/α,β-unsaturated/α-hetero) is 1. The SMILES string of the molecule is CCC(=O)O[C@H]1CC[C@@H]2[C@@H]3CC[C@H]4CC(=O)[C@H](C)C[C@]4(C)[C@H]3CC[C@]12C. The van der Waals surface area contributed by atoms with E-state index in [0.717, 1.165) is 31.1 Å². The zero-order chi connectivity index (χ0) is 18.7. The summed E-state index contributed by atoms with van der Waals surface area (Å²) in [7, 11) is 0. The average molecular weight is 361 g/mol. The van der Waals surface area contributed by atoms with Gasteiger partial charge in [-0.3, -0.25) is 9.59 Å². The van der Waals surface area contributed by atoms with Crippen molar-refractivity contribution >= 4 is 11.8 Å². The molecule has 0 radical (unpaired) electrons. The molecule has 4 saturated carbocycles. The number of carbonyl (C=O) groups excluding carboxylic acids is 2. The van der Waals surface area contributed by atoms with Crippen LogP contribution in [0.25, 0.3) is 0 Å². The Hall–Kier alpha value is -0.860. The number of esters is 1. The second-order valence-corrected chi connectivity index (χ2v) is 10.4. The van der Waals surface area contributed by atoms with Gasteiger partial charge in [0.25, 0.3) is 0 Å². The highest BCUT2D eigenvalue weighted by Gasteiger charge is 2.61. The van der Waals surface area contributed by atoms with E-state index in [2.05, 4.69) is 20.8 Å². The van der Waals surface area contributed by atoms with Crippen molar-refractivity contribution in [2.75, 3.05) is 0 Å². The minimum Gasteiger partial charge on any atom is -0.462 e. The minimum atomic E-state index is -0.0331. The molecule has 3 heteroatoms. The van der Waals surface area contributed by atoms with Crippen molar-refractivity contribution in [2.24, 2.45) is 40.4 Å². The second kappa shape index (κ2) is 6.34. The topological polar surface area (TPSA) is 43.4 Å². The van der Waals surface area contributed by atoms with E-state index in [9.17, 15) is 9.59 Å². The van der Waals surface area contributed by atoms with E-state index in [1.54, 1.807) is 0 Å². The van der Waals surface area contributed by atoms with Crippen LogP contribution >= 0.6 is 0 Å². The number of ether oxygens (including phenoxy) is 1. The molecule has 26 heavy (non-hydrogen) atoms. The van der Waals surface area contributed by atoms with Gasteiger partial charge in [-0.1, -0.05) is 27.7 Å². The second-order valence-electron chi connectivity index (χ2n) is 10.4. The van der Waals surface area contributed by atoms with Gasteiger partial charge >= 0.3 is 5.97 Å². The summed E-state index contributed by atoms with van der Waals surface area (Å²) in [4.78, 5) is 24.2. The molecule has 0 heterocycles. The van der Waals surface area contributed by atoms with Crippen LogP contribution in [0, 0.1) is 40.4 Å². The minimum absolute atomic E-state index is 0.0331. The van der Waals surface area contributed by atoms with Crippen LogP contribution in [0.15, 0.2) is 0 Å². The summed E-state index contributed by atoms with van der Waals surface area (Å²) in [6, 6.07) is 0. The third-order valence-corrected chi connectivity index (χ3v) is 9.28. The summed E-state index contributed by atoms with van der Waals surface area (Å²) in [5.74, 6) is 3.53. The zero-order valence-corrected chi connectivity index (χ0v) is 17.1. The molecule has 0 amide bonds. The normalized spacial score (nSPS) is 50.5. The first-order chi connectivity index (χ1) is 12.3. The van der Waals surface area contributed by atoms with Gasteiger partial charge in [0, 0.05) is 24.2 Å². The quantitative estimate of drug-likeness (QED) is 0.638. The van der Waals surface area contributed by atoms with Gasteiger partial charge in [-0.2, -0.15) is 0 Å². The molecule has 4 fully saturated rings. The van der Waals surface area contributed by atoms with Gasteiger partial charge in [-0.25, -0.2) is 0 Å². The fourth-order valence-corrected chi connectivity index (χ4v) is 7.79. The molecule has 0 aromatic heterocycles. The number of carbonyl (C=O) groups is 2. The molecular formula is C23H36O3. The highest BCUT2D eigenvalue weighted by Crippen LogP contribution is 2.66. The summed E-state index contributed by atoms with van der Waals surface area (Å²) in [5, 5.41) is 0. The predicted molar refractivity (Wildman–Crippen MR) is 101 cm³/mol. The van der Waals surface area contributed by atoms with Crippen LogP contribution in [0.3, 0.4) is 0 Å². The van der Waals surface area contributed by atoms with Crippen molar-refractivity contribution in [3.8, 4) is 0 Å². The van der Waals surface area contributed by atoms with Crippen LogP contribution in [0.5, 0.6) is 0 Å². The molecule has 4 rings (SSSR count). The Labute approximate surface area is 158 Å². The Balaban J connectivity index is 1.57. The summed E-state index contributed by atoms with van der Waals surface area (Å²) in [6.45, 7) is 8.94. The molecule has 4 aliphatic carbocycles. The van der Waals surface area contributed by atoms with Crippen LogP contribution in [-0.2, 0) is 14.3 Å². The Morgan fingerprint density at radius 1 is 1.08 bits per heavy atom. The fraction of sp³-hybridized carbons (Fsp3) is 0.913. The van der Waals surface area contributed by atoms with Crippen LogP contribution in [0.2, 0.25) is 0 Å². The fourth-order valence-electron chi connectivity index (χ4n) is 7.79. The van der Waals surface area contributed by atoms with Gasteiger partial charge in [0.1, 0.15) is 11.9 Å². The van der Waals surface area contributed by atoms with Gasteiger partial charge in [0.2, 0.25) is 0 Å². The van der Waals surface area contributed by atoms with E-state index < -0.39 is 0 Å². The third kappa shape index (κ3) is 2.59. The molecule has 0 spiro atoms. The van der Waals surface area contributed by atoms with E-state index in [1.165, 1.54) is 32.1 Å². The molecule has 0 aromatic rings. The summed E-state index contributed by atoms with van der Waals surface area (Å²) < 4.78 is 5.89. The molecular weight excluding hydrogens is 324 g/mol. The van der Waals surface area contributed by atoms with Gasteiger partial charge in [0.05, 0.1) is 0 Å². The van der Waals surface area contributed by atoms with Gasteiger partial charge in [0.15, 0.2) is 0 Å². The van der Waals surface area contributed by atoms with Crippen molar-refractivity contribution < 1.29 is 14.3 Å². The lowest BCUT2D eigenvalue weighted by Crippen LogP contribution is -2.55. The van der Waals surface area contributed by atoms with E-state index in [1.807, 2.05) is 6.92 Å².